The van der Waals surface area contributed by atoms with Gasteiger partial charge in [0.25, 0.3) is 5.91 Å². The Morgan fingerprint density at radius 1 is 0.935 bits per heavy atom. The van der Waals surface area contributed by atoms with Gasteiger partial charge in [-0.2, -0.15) is 0 Å². The first-order valence-electron chi connectivity index (χ1n) is 11.0. The minimum absolute atomic E-state index is 0.105. The SMILES string of the molecule is Cc1ccc(C)c(NC(=O)c2cccc(N3C(=O)[C@H]4[C@@H]5C=C[C@H]([C@H]6C[C@H]56)[C@@H]4C3=O)c2)c1. The highest BCUT2D eigenvalue weighted by atomic mass is 16.2. The Labute approximate surface area is 181 Å². The predicted molar refractivity (Wildman–Crippen MR) is 118 cm³/mol. The number of imide groups is 1. The Balaban J connectivity index is 1.29. The van der Waals surface area contributed by atoms with Crippen LogP contribution in [0.15, 0.2) is 54.6 Å². The number of benzene rings is 2. The van der Waals surface area contributed by atoms with Gasteiger partial charge in [-0.3, -0.25) is 14.4 Å². The molecule has 6 atom stereocenters. The third kappa shape index (κ3) is 2.65. The summed E-state index contributed by atoms with van der Waals surface area (Å²) in [4.78, 5) is 40.9. The molecule has 0 unspecified atom stereocenters. The van der Waals surface area contributed by atoms with Crippen LogP contribution in [0.4, 0.5) is 11.4 Å². The van der Waals surface area contributed by atoms with Crippen LogP contribution in [0.25, 0.3) is 0 Å². The minimum atomic E-state index is -0.255. The fourth-order valence-corrected chi connectivity index (χ4v) is 6.06. The van der Waals surface area contributed by atoms with Crippen molar-refractivity contribution in [2.45, 2.75) is 20.3 Å². The second-order valence-corrected chi connectivity index (χ2v) is 9.49. The van der Waals surface area contributed by atoms with Gasteiger partial charge >= 0.3 is 0 Å². The molecule has 1 aliphatic heterocycles. The molecular formula is C26H24N2O3. The van der Waals surface area contributed by atoms with Crippen molar-refractivity contribution in [1.29, 1.82) is 0 Å². The fraction of sp³-hybridized carbons (Fsp3) is 0.346. The van der Waals surface area contributed by atoms with E-state index in [1.807, 2.05) is 32.0 Å². The van der Waals surface area contributed by atoms with Crippen LogP contribution in [0.5, 0.6) is 0 Å². The summed E-state index contributed by atoms with van der Waals surface area (Å²) in [6, 6.07) is 12.8. The van der Waals surface area contributed by atoms with Crippen molar-refractivity contribution in [3.63, 3.8) is 0 Å². The molecule has 3 fully saturated rings. The number of hydrogen-bond donors (Lipinski definition) is 1. The fourth-order valence-electron chi connectivity index (χ4n) is 6.06. The lowest BCUT2D eigenvalue weighted by Gasteiger charge is -2.37. The van der Waals surface area contributed by atoms with Crippen molar-refractivity contribution in [3.8, 4) is 0 Å². The zero-order valence-corrected chi connectivity index (χ0v) is 17.5. The molecular weight excluding hydrogens is 388 g/mol. The monoisotopic (exact) mass is 412 g/mol. The van der Waals surface area contributed by atoms with Crippen LogP contribution in [0.3, 0.4) is 0 Å². The van der Waals surface area contributed by atoms with Crippen LogP contribution in [0, 0.1) is 49.4 Å². The molecule has 1 saturated heterocycles. The van der Waals surface area contributed by atoms with Crippen LogP contribution < -0.4 is 10.2 Å². The lowest BCUT2D eigenvalue weighted by Crippen LogP contribution is -2.40. The van der Waals surface area contributed by atoms with E-state index in [0.717, 1.165) is 23.2 Å². The molecule has 5 heteroatoms. The number of anilines is 2. The molecule has 5 aliphatic rings. The number of hydrogen-bond acceptors (Lipinski definition) is 3. The number of amides is 3. The molecule has 2 aromatic rings. The maximum atomic E-state index is 13.3. The van der Waals surface area contributed by atoms with Crippen molar-refractivity contribution in [2.24, 2.45) is 35.5 Å². The van der Waals surface area contributed by atoms with Crippen molar-refractivity contribution >= 4 is 29.1 Å². The van der Waals surface area contributed by atoms with Crippen molar-refractivity contribution in [3.05, 3.63) is 71.3 Å². The van der Waals surface area contributed by atoms with Crippen LogP contribution in [-0.4, -0.2) is 17.7 Å². The Morgan fingerprint density at radius 3 is 2.29 bits per heavy atom. The van der Waals surface area contributed by atoms with E-state index in [-0.39, 0.29) is 41.4 Å². The van der Waals surface area contributed by atoms with Gasteiger partial charge in [-0.1, -0.05) is 30.4 Å². The highest BCUT2D eigenvalue weighted by molar-refractivity contribution is 6.23. The van der Waals surface area contributed by atoms with Gasteiger partial charge < -0.3 is 5.32 Å². The topological polar surface area (TPSA) is 66.5 Å². The molecule has 0 spiro atoms. The summed E-state index contributed by atoms with van der Waals surface area (Å²) in [7, 11) is 0. The van der Waals surface area contributed by atoms with Gasteiger partial charge in [-0.25, -0.2) is 4.90 Å². The third-order valence-electron chi connectivity index (χ3n) is 7.67. The molecule has 0 aromatic heterocycles. The zero-order valence-electron chi connectivity index (χ0n) is 17.5. The molecule has 156 valence electrons. The Kier molecular flexibility index (Phi) is 3.83. The molecule has 5 nitrogen and oxygen atoms in total. The first-order chi connectivity index (χ1) is 14.9. The molecule has 1 N–H and O–H groups in total. The molecule has 3 amide bonds. The lowest BCUT2D eigenvalue weighted by molar-refractivity contribution is -0.124. The highest BCUT2D eigenvalue weighted by Crippen LogP contribution is 2.65. The van der Waals surface area contributed by atoms with Crippen LogP contribution in [-0.2, 0) is 9.59 Å². The Bertz CT molecular complexity index is 1150. The smallest absolute Gasteiger partial charge is 0.255 e. The van der Waals surface area contributed by atoms with E-state index in [2.05, 4.69) is 17.5 Å². The summed E-state index contributed by atoms with van der Waals surface area (Å²) in [6.07, 6.45) is 5.48. The van der Waals surface area contributed by atoms with E-state index < -0.39 is 0 Å². The predicted octanol–water partition coefficient (Wildman–Crippen LogP) is 4.11. The lowest BCUT2D eigenvalue weighted by atomic mass is 9.63. The number of carbonyl (C=O) groups is 3. The van der Waals surface area contributed by atoms with Gasteiger partial charge in [0, 0.05) is 11.3 Å². The second kappa shape index (κ2) is 6.39. The van der Waals surface area contributed by atoms with Gasteiger partial charge in [0.1, 0.15) is 0 Å². The standard InChI is InChI=1S/C26H24N2O3/c1-13-6-7-14(2)21(10-13)27-24(29)15-4-3-5-16(11-15)28-25(30)22-17-8-9-18(20-12-19(17)20)23(22)26(28)31/h3-11,17-20,22-23H,12H2,1-2H3,(H,27,29)/t17-,18-,19-,20-,22+,23+/m1/s1. The summed E-state index contributed by atoms with van der Waals surface area (Å²) in [5.41, 5.74) is 3.72. The third-order valence-corrected chi connectivity index (χ3v) is 7.67. The summed E-state index contributed by atoms with van der Waals surface area (Å²) in [5.74, 6) is 0.589. The maximum absolute atomic E-state index is 13.3. The van der Waals surface area contributed by atoms with E-state index in [4.69, 9.17) is 0 Å². The molecule has 2 saturated carbocycles. The van der Waals surface area contributed by atoms with Crippen molar-refractivity contribution in [1.82, 2.24) is 0 Å². The molecule has 4 aliphatic carbocycles. The number of nitrogens with one attached hydrogen (secondary N) is 1. The van der Waals surface area contributed by atoms with Crippen LogP contribution in [0.1, 0.15) is 27.9 Å². The normalized spacial score (nSPS) is 32.1. The quantitative estimate of drug-likeness (QED) is 0.609. The van der Waals surface area contributed by atoms with Crippen molar-refractivity contribution in [2.75, 3.05) is 10.2 Å². The van der Waals surface area contributed by atoms with E-state index in [1.165, 1.54) is 4.90 Å². The minimum Gasteiger partial charge on any atom is -0.322 e. The van der Waals surface area contributed by atoms with Gasteiger partial charge in [0.2, 0.25) is 11.8 Å². The van der Waals surface area contributed by atoms with E-state index in [9.17, 15) is 14.4 Å². The average molecular weight is 412 g/mol. The molecule has 7 rings (SSSR count). The Hall–Kier alpha value is -3.21. The summed E-state index contributed by atoms with van der Waals surface area (Å²) in [5, 5.41) is 2.96. The van der Waals surface area contributed by atoms with Crippen molar-refractivity contribution < 1.29 is 14.4 Å². The van der Waals surface area contributed by atoms with Crippen LogP contribution in [0.2, 0.25) is 0 Å². The largest absolute Gasteiger partial charge is 0.322 e. The highest BCUT2D eigenvalue weighted by Gasteiger charge is 2.67. The first kappa shape index (κ1) is 18.6. The number of rotatable bonds is 3. The Morgan fingerprint density at radius 2 is 1.61 bits per heavy atom. The van der Waals surface area contributed by atoms with Gasteiger partial charge in [0.05, 0.1) is 17.5 Å². The van der Waals surface area contributed by atoms with Gasteiger partial charge in [-0.15, -0.1) is 0 Å². The summed E-state index contributed by atoms with van der Waals surface area (Å²) >= 11 is 0. The number of allylic oxidation sites excluding steroid dienone is 2. The first-order valence-corrected chi connectivity index (χ1v) is 11.0. The molecule has 2 aromatic carbocycles. The zero-order chi connectivity index (χ0) is 21.4. The second-order valence-electron chi connectivity index (χ2n) is 9.49. The maximum Gasteiger partial charge on any atom is 0.255 e. The van der Waals surface area contributed by atoms with E-state index >= 15 is 0 Å². The van der Waals surface area contributed by atoms with E-state index in [1.54, 1.807) is 24.3 Å². The molecule has 1 heterocycles. The molecule has 0 radical (unpaired) electrons. The van der Waals surface area contributed by atoms with Gasteiger partial charge in [-0.05, 0) is 79.3 Å². The average Bonchev–Trinajstić information content (AvgIpc) is 3.54. The summed E-state index contributed by atoms with van der Waals surface area (Å²) < 4.78 is 0. The van der Waals surface area contributed by atoms with Gasteiger partial charge in [0.15, 0.2) is 0 Å². The number of nitrogens with zero attached hydrogens (tertiary/aromatic N) is 1. The summed E-state index contributed by atoms with van der Waals surface area (Å²) in [6.45, 7) is 3.92. The van der Waals surface area contributed by atoms with Crippen LogP contribution >= 0.6 is 0 Å². The number of aryl methyl sites for hydroxylation is 2. The number of carbonyl (C=O) groups excluding carboxylic acids is 3. The molecule has 2 bridgehead atoms. The van der Waals surface area contributed by atoms with E-state index in [0.29, 0.717) is 23.1 Å². The molecule has 31 heavy (non-hydrogen) atoms.